The third-order valence-electron chi connectivity index (χ3n) is 6.22. The Morgan fingerprint density at radius 2 is 1.77 bits per heavy atom. The van der Waals surface area contributed by atoms with Gasteiger partial charge in [0.1, 0.15) is 5.58 Å². The molecule has 11 heteroatoms. The van der Waals surface area contributed by atoms with Crippen molar-refractivity contribution in [2.45, 2.75) is 37.9 Å². The summed E-state index contributed by atoms with van der Waals surface area (Å²) in [6.45, 7) is 2.85. The lowest BCUT2D eigenvalue weighted by Crippen LogP contribution is -2.33. The molecule has 39 heavy (non-hydrogen) atoms. The molecule has 0 spiro atoms. The number of alkyl halides is 3. The van der Waals surface area contributed by atoms with Crippen molar-refractivity contribution in [2.75, 3.05) is 13.2 Å². The van der Waals surface area contributed by atoms with Gasteiger partial charge in [0.15, 0.2) is 0 Å². The molecule has 0 saturated heterocycles. The van der Waals surface area contributed by atoms with Crippen molar-refractivity contribution in [3.05, 3.63) is 99.2 Å². The molecule has 0 amide bonds. The molecule has 0 N–H and O–H groups in total. The summed E-state index contributed by atoms with van der Waals surface area (Å²) in [4.78, 5) is 12.1. The highest BCUT2D eigenvalue weighted by atomic mass is 79.9. The lowest BCUT2D eigenvalue weighted by atomic mass is 10.1. The molecule has 0 aliphatic heterocycles. The molecule has 0 unspecified atom stereocenters. The fourth-order valence-corrected chi connectivity index (χ4v) is 6.03. The van der Waals surface area contributed by atoms with E-state index in [9.17, 15) is 26.4 Å². The van der Waals surface area contributed by atoms with E-state index in [2.05, 4.69) is 15.9 Å². The molecule has 0 fully saturated rings. The van der Waals surface area contributed by atoms with E-state index < -0.39 is 34.3 Å². The molecule has 1 heterocycles. The summed E-state index contributed by atoms with van der Waals surface area (Å²) in [5, 5.41) is 0.391. The normalized spacial score (nSPS) is 12.3. The van der Waals surface area contributed by atoms with Gasteiger partial charge in [-0.05, 0) is 61.7 Å². The molecule has 4 aromatic rings. The maximum atomic E-state index is 13.9. The summed E-state index contributed by atoms with van der Waals surface area (Å²) in [5.74, 6) is -0.706. The number of sulfonamides is 1. The van der Waals surface area contributed by atoms with Gasteiger partial charge in [0.05, 0.1) is 17.1 Å². The molecule has 0 radical (unpaired) electrons. The monoisotopic (exact) mass is 623 g/mol. The second-order valence-corrected chi connectivity index (χ2v) is 11.7. The van der Waals surface area contributed by atoms with Crippen molar-refractivity contribution < 1.29 is 35.5 Å². The largest absolute Gasteiger partial charge is 0.460 e. The number of esters is 1. The number of aryl methyl sites for hydroxylation is 1. The maximum Gasteiger partial charge on any atom is 0.416 e. The Kier molecular flexibility index (Phi) is 8.53. The summed E-state index contributed by atoms with van der Waals surface area (Å²) < 4.78 is 81.2. The first-order chi connectivity index (χ1) is 18.4. The minimum Gasteiger partial charge on any atom is -0.460 e. The Morgan fingerprint density at radius 3 is 2.44 bits per heavy atom. The molecule has 0 aliphatic carbocycles. The molecule has 0 saturated carbocycles. The second kappa shape index (κ2) is 11.5. The zero-order valence-corrected chi connectivity index (χ0v) is 23.5. The number of fused-ring (bicyclic) bond motifs is 1. The van der Waals surface area contributed by atoms with Crippen LogP contribution in [0.15, 0.2) is 80.5 Å². The summed E-state index contributed by atoms with van der Waals surface area (Å²) >= 11 is 3.07. The fourth-order valence-electron chi connectivity index (χ4n) is 4.22. The van der Waals surface area contributed by atoms with Crippen molar-refractivity contribution in [1.29, 1.82) is 0 Å². The number of rotatable bonds is 9. The Hall–Kier alpha value is -3.15. The number of hydrogen-bond donors (Lipinski definition) is 0. The third kappa shape index (κ3) is 6.37. The first-order valence-electron chi connectivity index (χ1n) is 12.0. The molecule has 206 valence electrons. The van der Waals surface area contributed by atoms with Crippen LogP contribution in [0.2, 0.25) is 0 Å². The van der Waals surface area contributed by atoms with Gasteiger partial charge in [-0.2, -0.15) is 17.5 Å². The average molecular weight is 624 g/mol. The molecule has 1 aromatic heterocycles. The molecule has 3 aromatic carbocycles. The molecular formula is C28H25BrF3NO5S. The Balaban J connectivity index is 1.76. The number of halogens is 4. The predicted octanol–water partition coefficient (Wildman–Crippen LogP) is 7.13. The number of hydrogen-bond acceptors (Lipinski definition) is 5. The number of furan rings is 1. The number of carbonyl (C=O) groups excluding carboxylic acids is 1. The van der Waals surface area contributed by atoms with Crippen molar-refractivity contribution in [3.63, 3.8) is 0 Å². The first kappa shape index (κ1) is 28.8. The highest BCUT2D eigenvalue weighted by Gasteiger charge is 2.35. The molecular weight excluding hydrogens is 599 g/mol. The van der Waals surface area contributed by atoms with Crippen LogP contribution in [0, 0.1) is 6.92 Å². The van der Waals surface area contributed by atoms with Crippen molar-refractivity contribution in [1.82, 2.24) is 4.31 Å². The van der Waals surface area contributed by atoms with Gasteiger partial charge >= 0.3 is 12.1 Å². The standard InChI is InChI=1S/C28H25BrF3NO5S/c1-3-37-27(34)26-18(2)23-16-22(11-12-25(23)38-26)39(35,36)33(14-13-19-7-5-4-6-8-19)17-20-9-10-21(29)15-24(20)28(30,31)32/h4-12,15-16H,3,13-14,17H2,1-2H3. The van der Waals surface area contributed by atoms with Crippen LogP contribution in [0.3, 0.4) is 0 Å². The van der Waals surface area contributed by atoms with Crippen LogP contribution in [0.4, 0.5) is 13.2 Å². The lowest BCUT2D eigenvalue weighted by Gasteiger charge is -2.24. The SMILES string of the molecule is CCOC(=O)c1oc2ccc(S(=O)(=O)N(CCc3ccccc3)Cc3ccc(Br)cc3C(F)(F)F)cc2c1C. The van der Waals surface area contributed by atoms with Crippen LogP contribution in [-0.2, 0) is 33.9 Å². The van der Waals surface area contributed by atoms with E-state index in [4.69, 9.17) is 9.15 Å². The highest BCUT2D eigenvalue weighted by molar-refractivity contribution is 9.10. The molecule has 0 atom stereocenters. The summed E-state index contributed by atoms with van der Waals surface area (Å²) in [6, 6.07) is 16.9. The van der Waals surface area contributed by atoms with Crippen molar-refractivity contribution >= 4 is 42.9 Å². The third-order valence-corrected chi connectivity index (χ3v) is 8.56. The topological polar surface area (TPSA) is 76.8 Å². The van der Waals surface area contributed by atoms with Gasteiger partial charge in [0.25, 0.3) is 0 Å². The van der Waals surface area contributed by atoms with E-state index in [1.54, 1.807) is 26.0 Å². The number of nitrogens with zero attached hydrogens (tertiary/aromatic N) is 1. The van der Waals surface area contributed by atoms with Crippen LogP contribution < -0.4 is 0 Å². The van der Waals surface area contributed by atoms with E-state index in [-0.39, 0.29) is 45.8 Å². The number of benzene rings is 3. The van der Waals surface area contributed by atoms with Gasteiger partial charge in [-0.25, -0.2) is 13.2 Å². The van der Waals surface area contributed by atoms with Gasteiger partial charge in [-0.15, -0.1) is 0 Å². The van der Waals surface area contributed by atoms with Gasteiger partial charge < -0.3 is 9.15 Å². The van der Waals surface area contributed by atoms with Crippen LogP contribution in [0.1, 0.15) is 39.7 Å². The second-order valence-electron chi connectivity index (χ2n) is 8.81. The van der Waals surface area contributed by atoms with E-state index >= 15 is 0 Å². The van der Waals surface area contributed by atoms with Crippen molar-refractivity contribution in [3.8, 4) is 0 Å². The Morgan fingerprint density at radius 1 is 1.05 bits per heavy atom. The zero-order chi connectivity index (χ0) is 28.4. The first-order valence-corrected chi connectivity index (χ1v) is 14.2. The number of carbonyl (C=O) groups is 1. The summed E-state index contributed by atoms with van der Waals surface area (Å²) in [6.07, 6.45) is -4.39. The minimum absolute atomic E-state index is 0.0352. The zero-order valence-electron chi connectivity index (χ0n) is 21.1. The van der Waals surface area contributed by atoms with Crippen LogP contribution in [0.5, 0.6) is 0 Å². The van der Waals surface area contributed by atoms with Crippen LogP contribution in [0.25, 0.3) is 11.0 Å². The lowest BCUT2D eigenvalue weighted by molar-refractivity contribution is -0.138. The van der Waals surface area contributed by atoms with E-state index in [1.165, 1.54) is 30.3 Å². The molecule has 0 aliphatic rings. The smallest absolute Gasteiger partial charge is 0.416 e. The highest BCUT2D eigenvalue weighted by Crippen LogP contribution is 2.36. The average Bonchev–Trinajstić information content (AvgIpc) is 3.23. The van der Waals surface area contributed by atoms with Gasteiger partial charge in [-0.3, -0.25) is 0 Å². The van der Waals surface area contributed by atoms with Crippen LogP contribution in [-0.4, -0.2) is 31.8 Å². The fraction of sp³-hybridized carbons (Fsp3) is 0.250. The van der Waals surface area contributed by atoms with E-state index in [1.807, 2.05) is 18.2 Å². The van der Waals surface area contributed by atoms with Crippen molar-refractivity contribution in [2.24, 2.45) is 0 Å². The van der Waals surface area contributed by atoms with E-state index in [0.717, 1.165) is 15.9 Å². The Bertz CT molecular complexity index is 1600. The quantitative estimate of drug-likeness (QED) is 0.185. The molecule has 0 bridgehead atoms. The predicted molar refractivity (Wildman–Crippen MR) is 144 cm³/mol. The van der Waals surface area contributed by atoms with Crippen LogP contribution >= 0.6 is 15.9 Å². The van der Waals surface area contributed by atoms with E-state index in [0.29, 0.717) is 10.9 Å². The van der Waals surface area contributed by atoms with Gasteiger partial charge in [0, 0.05) is 28.5 Å². The molecule has 6 nitrogen and oxygen atoms in total. The Labute approximate surface area is 232 Å². The number of ether oxygens (including phenoxy) is 1. The molecule has 4 rings (SSSR count). The van der Waals surface area contributed by atoms with Gasteiger partial charge in [0.2, 0.25) is 15.8 Å². The minimum atomic E-state index is -4.68. The summed E-state index contributed by atoms with van der Waals surface area (Å²) in [7, 11) is -4.27. The van der Waals surface area contributed by atoms with Gasteiger partial charge in [-0.1, -0.05) is 52.3 Å². The maximum absolute atomic E-state index is 13.9. The summed E-state index contributed by atoms with van der Waals surface area (Å²) in [5.41, 5.74) is 0.440.